The average Bonchev–Trinajstić information content (AvgIpc) is 2.55. The van der Waals surface area contributed by atoms with E-state index < -0.39 is 0 Å². The number of piperazine rings is 1. The summed E-state index contributed by atoms with van der Waals surface area (Å²) in [7, 11) is 0. The minimum atomic E-state index is 0.220. The molecule has 120 valence electrons. The molecule has 4 nitrogen and oxygen atoms in total. The van der Waals surface area contributed by atoms with E-state index in [1.165, 1.54) is 0 Å². The molecule has 0 atom stereocenters. The van der Waals surface area contributed by atoms with Gasteiger partial charge in [0.05, 0.1) is 0 Å². The van der Waals surface area contributed by atoms with Crippen LogP contribution >= 0.6 is 11.6 Å². The number of piperidine rings is 1. The van der Waals surface area contributed by atoms with Gasteiger partial charge in [0.2, 0.25) is 0 Å². The van der Waals surface area contributed by atoms with Crippen molar-refractivity contribution < 1.29 is 4.79 Å². The fourth-order valence-electron chi connectivity index (χ4n) is 3.23. The minimum absolute atomic E-state index is 0.220. The van der Waals surface area contributed by atoms with Gasteiger partial charge in [-0.05, 0) is 37.0 Å². The second kappa shape index (κ2) is 6.78. The van der Waals surface area contributed by atoms with E-state index in [9.17, 15) is 4.79 Å². The second-order valence-electron chi connectivity index (χ2n) is 6.41. The Labute approximate surface area is 137 Å². The summed E-state index contributed by atoms with van der Waals surface area (Å²) in [5.74, 6) is 0.753. The van der Waals surface area contributed by atoms with Crippen LogP contribution in [0.1, 0.15) is 19.8 Å². The number of urea groups is 1. The molecule has 0 spiro atoms. The Kier molecular flexibility index (Phi) is 4.77. The predicted octanol–water partition coefficient (Wildman–Crippen LogP) is 3.31. The molecule has 0 N–H and O–H groups in total. The predicted molar refractivity (Wildman–Crippen MR) is 90.6 cm³/mol. The number of carbonyl (C=O) groups is 1. The normalized spacial score (nSPS) is 20.4. The number of amides is 2. The van der Waals surface area contributed by atoms with Crippen LogP contribution in [0.2, 0.25) is 5.02 Å². The highest BCUT2D eigenvalue weighted by molar-refractivity contribution is 6.30. The molecule has 0 bridgehead atoms. The number of rotatable bonds is 1. The standard InChI is InChI=1S/C17H24ClN3O/c1-14-5-7-20(8-6-14)17(22)21-11-9-19(10-12-21)16-4-2-3-15(18)13-16/h2-4,13-14H,5-12H2,1H3. The van der Waals surface area contributed by atoms with E-state index in [-0.39, 0.29) is 6.03 Å². The van der Waals surface area contributed by atoms with Crippen LogP contribution in [-0.2, 0) is 0 Å². The lowest BCUT2D eigenvalue weighted by atomic mass is 9.99. The van der Waals surface area contributed by atoms with E-state index in [4.69, 9.17) is 11.6 Å². The van der Waals surface area contributed by atoms with Gasteiger partial charge in [-0.3, -0.25) is 0 Å². The molecule has 2 amide bonds. The zero-order chi connectivity index (χ0) is 15.5. The van der Waals surface area contributed by atoms with Crippen LogP contribution in [0.25, 0.3) is 0 Å². The van der Waals surface area contributed by atoms with E-state index in [0.717, 1.165) is 68.7 Å². The first-order chi connectivity index (χ1) is 10.6. The zero-order valence-corrected chi connectivity index (χ0v) is 13.9. The average molecular weight is 322 g/mol. The van der Waals surface area contributed by atoms with E-state index in [1.54, 1.807) is 0 Å². The number of benzene rings is 1. The Hall–Kier alpha value is -1.42. The van der Waals surface area contributed by atoms with Crippen molar-refractivity contribution in [1.29, 1.82) is 0 Å². The van der Waals surface area contributed by atoms with Crippen molar-refractivity contribution in [2.45, 2.75) is 19.8 Å². The van der Waals surface area contributed by atoms with Crippen molar-refractivity contribution in [2.24, 2.45) is 5.92 Å². The number of anilines is 1. The van der Waals surface area contributed by atoms with Crippen molar-refractivity contribution in [2.75, 3.05) is 44.2 Å². The van der Waals surface area contributed by atoms with Gasteiger partial charge in [0.1, 0.15) is 0 Å². The molecule has 0 saturated carbocycles. The number of nitrogens with zero attached hydrogens (tertiary/aromatic N) is 3. The van der Waals surface area contributed by atoms with Gasteiger partial charge in [-0.25, -0.2) is 4.79 Å². The zero-order valence-electron chi connectivity index (χ0n) is 13.2. The first-order valence-electron chi connectivity index (χ1n) is 8.18. The topological polar surface area (TPSA) is 26.8 Å². The Morgan fingerprint density at radius 2 is 1.68 bits per heavy atom. The summed E-state index contributed by atoms with van der Waals surface area (Å²) >= 11 is 6.06. The molecule has 2 aliphatic rings. The van der Waals surface area contributed by atoms with Gasteiger partial charge in [0.25, 0.3) is 0 Å². The number of carbonyl (C=O) groups excluding carboxylic acids is 1. The van der Waals surface area contributed by atoms with E-state index >= 15 is 0 Å². The fraction of sp³-hybridized carbons (Fsp3) is 0.588. The quantitative estimate of drug-likeness (QED) is 0.793. The molecule has 3 rings (SSSR count). The number of hydrogen-bond acceptors (Lipinski definition) is 2. The molecule has 0 aromatic heterocycles. The second-order valence-corrected chi connectivity index (χ2v) is 6.84. The van der Waals surface area contributed by atoms with Gasteiger partial charge in [-0.1, -0.05) is 24.6 Å². The number of likely N-dealkylation sites (tertiary alicyclic amines) is 1. The SMILES string of the molecule is CC1CCN(C(=O)N2CCN(c3cccc(Cl)c3)CC2)CC1. The maximum Gasteiger partial charge on any atom is 0.320 e. The molecule has 2 saturated heterocycles. The fourth-order valence-corrected chi connectivity index (χ4v) is 3.41. The molecule has 1 aromatic rings. The summed E-state index contributed by atoms with van der Waals surface area (Å²) in [6.45, 7) is 7.41. The molecular weight excluding hydrogens is 298 g/mol. The molecule has 2 fully saturated rings. The summed E-state index contributed by atoms with van der Waals surface area (Å²) < 4.78 is 0. The molecule has 2 aliphatic heterocycles. The molecule has 5 heteroatoms. The Morgan fingerprint density at radius 1 is 1.05 bits per heavy atom. The smallest absolute Gasteiger partial charge is 0.320 e. The largest absolute Gasteiger partial charge is 0.368 e. The number of halogens is 1. The molecule has 0 aliphatic carbocycles. The summed E-state index contributed by atoms with van der Waals surface area (Å²) in [5.41, 5.74) is 1.14. The summed E-state index contributed by atoms with van der Waals surface area (Å²) in [6.07, 6.45) is 2.27. The van der Waals surface area contributed by atoms with Crippen molar-refractivity contribution >= 4 is 23.3 Å². The van der Waals surface area contributed by atoms with Crippen LogP contribution in [0.5, 0.6) is 0 Å². The van der Waals surface area contributed by atoms with Crippen LogP contribution in [0.3, 0.4) is 0 Å². The lowest BCUT2D eigenvalue weighted by Crippen LogP contribution is -2.54. The van der Waals surface area contributed by atoms with Crippen molar-refractivity contribution in [3.8, 4) is 0 Å². The summed E-state index contributed by atoms with van der Waals surface area (Å²) in [4.78, 5) is 18.9. The van der Waals surface area contributed by atoms with E-state index in [2.05, 4.69) is 17.9 Å². The van der Waals surface area contributed by atoms with Gasteiger partial charge < -0.3 is 14.7 Å². The molecule has 0 unspecified atom stereocenters. The summed E-state index contributed by atoms with van der Waals surface area (Å²) in [6, 6.07) is 8.16. The Morgan fingerprint density at radius 3 is 2.32 bits per heavy atom. The highest BCUT2D eigenvalue weighted by atomic mass is 35.5. The maximum atomic E-state index is 12.6. The van der Waals surface area contributed by atoms with Crippen molar-refractivity contribution in [3.63, 3.8) is 0 Å². The lowest BCUT2D eigenvalue weighted by molar-refractivity contribution is 0.132. The molecule has 0 radical (unpaired) electrons. The first kappa shape index (κ1) is 15.5. The molecular formula is C17H24ClN3O. The molecule has 1 aromatic carbocycles. The third kappa shape index (κ3) is 3.49. The number of hydrogen-bond donors (Lipinski definition) is 0. The third-order valence-corrected chi connectivity index (χ3v) is 5.01. The Balaban J connectivity index is 1.54. The van der Waals surface area contributed by atoms with Gasteiger partial charge in [-0.2, -0.15) is 0 Å². The van der Waals surface area contributed by atoms with Crippen molar-refractivity contribution in [3.05, 3.63) is 29.3 Å². The van der Waals surface area contributed by atoms with Crippen molar-refractivity contribution in [1.82, 2.24) is 9.80 Å². The van der Waals surface area contributed by atoms with Crippen LogP contribution in [-0.4, -0.2) is 55.1 Å². The van der Waals surface area contributed by atoms with E-state index in [1.807, 2.05) is 28.0 Å². The van der Waals surface area contributed by atoms with Gasteiger partial charge >= 0.3 is 6.03 Å². The minimum Gasteiger partial charge on any atom is -0.368 e. The third-order valence-electron chi connectivity index (χ3n) is 4.78. The van der Waals surface area contributed by atoms with Crippen LogP contribution in [0.4, 0.5) is 10.5 Å². The monoisotopic (exact) mass is 321 g/mol. The van der Waals surface area contributed by atoms with Gasteiger partial charge in [0.15, 0.2) is 0 Å². The highest BCUT2D eigenvalue weighted by Gasteiger charge is 2.27. The Bertz CT molecular complexity index is 520. The highest BCUT2D eigenvalue weighted by Crippen LogP contribution is 2.22. The molecule has 2 heterocycles. The van der Waals surface area contributed by atoms with Crippen LogP contribution in [0.15, 0.2) is 24.3 Å². The van der Waals surface area contributed by atoms with E-state index in [0.29, 0.717) is 0 Å². The van der Waals surface area contributed by atoms with Gasteiger partial charge in [-0.15, -0.1) is 0 Å². The maximum absolute atomic E-state index is 12.6. The van der Waals surface area contributed by atoms with Gasteiger partial charge in [0, 0.05) is 50.0 Å². The van der Waals surface area contributed by atoms with Crippen LogP contribution < -0.4 is 4.90 Å². The first-order valence-corrected chi connectivity index (χ1v) is 8.55. The molecule has 22 heavy (non-hydrogen) atoms. The summed E-state index contributed by atoms with van der Waals surface area (Å²) in [5, 5.41) is 0.762. The lowest BCUT2D eigenvalue weighted by Gasteiger charge is -2.40. The van der Waals surface area contributed by atoms with Crippen LogP contribution in [0, 0.1) is 5.92 Å².